The van der Waals surface area contributed by atoms with E-state index in [4.69, 9.17) is 14.2 Å². The second kappa shape index (κ2) is 61.6. The van der Waals surface area contributed by atoms with Gasteiger partial charge in [0.2, 0.25) is 0 Å². The van der Waals surface area contributed by atoms with Crippen molar-refractivity contribution in [1.29, 1.82) is 0 Å². The van der Waals surface area contributed by atoms with Gasteiger partial charge >= 0.3 is 17.9 Å². The molecule has 1 unspecified atom stereocenters. The first-order valence-corrected chi connectivity index (χ1v) is 30.9. The molecule has 0 spiro atoms. The lowest BCUT2D eigenvalue weighted by molar-refractivity contribution is -0.167. The smallest absolute Gasteiger partial charge is 0.306 e. The van der Waals surface area contributed by atoms with Crippen molar-refractivity contribution in [2.75, 3.05) is 13.2 Å². The number of rotatable bonds is 55. The number of esters is 3. The Morgan fingerprint density at radius 3 is 0.838 bits per heavy atom. The van der Waals surface area contributed by atoms with Crippen LogP contribution in [0.2, 0.25) is 0 Å². The van der Waals surface area contributed by atoms with Crippen molar-refractivity contribution < 1.29 is 28.6 Å². The van der Waals surface area contributed by atoms with Gasteiger partial charge in [0.05, 0.1) is 0 Å². The number of allylic oxidation sites excluding steroid dienone is 18. The van der Waals surface area contributed by atoms with Crippen LogP contribution < -0.4 is 0 Å². The number of hydrogen-bond acceptors (Lipinski definition) is 6. The van der Waals surface area contributed by atoms with E-state index in [2.05, 4.69) is 130 Å². The van der Waals surface area contributed by atoms with Crippen molar-refractivity contribution in [2.24, 2.45) is 0 Å². The zero-order chi connectivity index (χ0) is 53.6. The minimum absolute atomic E-state index is 0.0840. The van der Waals surface area contributed by atoms with Gasteiger partial charge in [-0.05, 0) is 109 Å². The Balaban J connectivity index is 4.21. The highest BCUT2D eigenvalue weighted by Crippen LogP contribution is 2.15. The summed E-state index contributed by atoms with van der Waals surface area (Å²) in [4.78, 5) is 38.1. The third-order valence-electron chi connectivity index (χ3n) is 13.0. The van der Waals surface area contributed by atoms with Gasteiger partial charge in [-0.2, -0.15) is 0 Å². The molecule has 0 heterocycles. The lowest BCUT2D eigenvalue weighted by atomic mass is 10.1. The first-order chi connectivity index (χ1) is 36.5. The average Bonchev–Trinajstić information content (AvgIpc) is 3.40. The summed E-state index contributed by atoms with van der Waals surface area (Å²) in [5.41, 5.74) is 0. The molecule has 0 aromatic heterocycles. The highest BCUT2D eigenvalue weighted by molar-refractivity contribution is 5.71. The van der Waals surface area contributed by atoms with Crippen molar-refractivity contribution in [1.82, 2.24) is 0 Å². The molecule has 0 aliphatic rings. The average molecular weight is 1030 g/mol. The van der Waals surface area contributed by atoms with E-state index in [0.29, 0.717) is 19.3 Å². The molecule has 0 fully saturated rings. The molecule has 0 radical (unpaired) electrons. The van der Waals surface area contributed by atoms with Gasteiger partial charge in [0.15, 0.2) is 6.10 Å². The van der Waals surface area contributed by atoms with E-state index < -0.39 is 6.10 Å². The lowest BCUT2D eigenvalue weighted by Gasteiger charge is -2.18. The first kappa shape index (κ1) is 70.1. The summed E-state index contributed by atoms with van der Waals surface area (Å²) in [6, 6.07) is 0. The molecule has 0 N–H and O–H groups in total. The number of unbranched alkanes of at least 4 members (excludes halogenated alkanes) is 26. The van der Waals surface area contributed by atoms with E-state index in [1.807, 2.05) is 0 Å². The fourth-order valence-corrected chi connectivity index (χ4v) is 8.39. The molecular formula is C68H114O6. The molecule has 6 heteroatoms. The minimum atomic E-state index is -0.787. The standard InChI is InChI=1S/C68H114O6/c1-4-7-10-13-16-19-21-23-25-27-28-29-30-31-32-33-34-35-36-37-38-39-40-41-43-44-46-49-52-55-58-61-67(70)73-64-65(63-72-66(69)60-57-54-51-48-18-15-12-9-6-3)74-68(71)62-59-56-53-50-47-45-42-26-24-22-20-17-14-11-8-5-2/h7,10,16,19-20,22-23,25-26,28-29,31-32,34-35,37-38,42,65H,4-6,8-9,11-15,17-18,21,24,27,30,33,36,39-41,43-64H2,1-3H3/b10-7-,19-16-,22-20-,25-23-,29-28-,32-31-,35-34-,38-37-,42-26-. The van der Waals surface area contributed by atoms with Crippen molar-refractivity contribution in [3.05, 3.63) is 109 Å². The van der Waals surface area contributed by atoms with Crippen molar-refractivity contribution >= 4 is 17.9 Å². The van der Waals surface area contributed by atoms with Crippen molar-refractivity contribution in [3.8, 4) is 0 Å². The monoisotopic (exact) mass is 1030 g/mol. The third-order valence-corrected chi connectivity index (χ3v) is 13.0. The zero-order valence-electron chi connectivity index (χ0n) is 48.3. The van der Waals surface area contributed by atoms with E-state index in [9.17, 15) is 14.4 Å². The van der Waals surface area contributed by atoms with Gasteiger partial charge in [-0.15, -0.1) is 0 Å². The SMILES string of the molecule is CC/C=C\C/C=C\C/C=C\C/C=C\C/C=C\C/C=C\C/C=C\CCCCCCCCCCCC(=O)OCC(COC(=O)CCCCCCCCCCC)OC(=O)CCCCCCC/C=C\C/C=C\CCCCCC. The predicted octanol–water partition coefficient (Wildman–Crippen LogP) is 21.0. The number of carbonyl (C=O) groups is 3. The Labute approximate surface area is 457 Å². The number of carbonyl (C=O) groups excluding carboxylic acids is 3. The second-order valence-electron chi connectivity index (χ2n) is 20.2. The quantitative estimate of drug-likeness (QED) is 0.0261. The summed E-state index contributed by atoms with van der Waals surface area (Å²) in [5.74, 6) is -0.903. The molecule has 1 atom stereocenters. The van der Waals surface area contributed by atoms with Crippen LogP contribution in [0.5, 0.6) is 0 Å². The molecule has 0 aliphatic heterocycles. The van der Waals surface area contributed by atoms with Crippen LogP contribution in [0.4, 0.5) is 0 Å². The van der Waals surface area contributed by atoms with Crippen molar-refractivity contribution in [3.63, 3.8) is 0 Å². The van der Waals surface area contributed by atoms with E-state index in [-0.39, 0.29) is 31.1 Å². The molecule has 0 aromatic rings. The summed E-state index contributed by atoms with van der Waals surface area (Å²) in [5, 5.41) is 0. The zero-order valence-corrected chi connectivity index (χ0v) is 48.3. The van der Waals surface area contributed by atoms with Crippen LogP contribution in [0.3, 0.4) is 0 Å². The molecule has 422 valence electrons. The van der Waals surface area contributed by atoms with Crippen LogP contribution >= 0.6 is 0 Å². The largest absolute Gasteiger partial charge is 0.462 e. The highest BCUT2D eigenvalue weighted by atomic mass is 16.6. The Morgan fingerprint density at radius 1 is 0.284 bits per heavy atom. The second-order valence-corrected chi connectivity index (χ2v) is 20.2. The molecule has 0 aromatic carbocycles. The molecule has 0 saturated carbocycles. The van der Waals surface area contributed by atoms with Gasteiger partial charge in [0, 0.05) is 19.3 Å². The van der Waals surface area contributed by atoms with Gasteiger partial charge < -0.3 is 14.2 Å². The van der Waals surface area contributed by atoms with Crippen LogP contribution in [0.1, 0.15) is 284 Å². The van der Waals surface area contributed by atoms with Gasteiger partial charge in [-0.1, -0.05) is 265 Å². The molecule has 74 heavy (non-hydrogen) atoms. The van der Waals surface area contributed by atoms with Crippen LogP contribution in [0.15, 0.2) is 109 Å². The number of ether oxygens (including phenoxy) is 3. The number of hydrogen-bond donors (Lipinski definition) is 0. The maximum Gasteiger partial charge on any atom is 0.306 e. The molecule has 0 saturated heterocycles. The van der Waals surface area contributed by atoms with Gasteiger partial charge in [-0.25, -0.2) is 0 Å². The molecular weight excluding hydrogens is 913 g/mol. The molecule has 0 bridgehead atoms. The van der Waals surface area contributed by atoms with E-state index in [0.717, 1.165) is 135 Å². The third kappa shape index (κ3) is 59.0. The Bertz CT molecular complexity index is 1510. The fraction of sp³-hybridized carbons (Fsp3) is 0.691. The molecule has 0 aliphatic carbocycles. The first-order valence-electron chi connectivity index (χ1n) is 30.9. The van der Waals surface area contributed by atoms with E-state index in [1.165, 1.54) is 109 Å². The van der Waals surface area contributed by atoms with E-state index >= 15 is 0 Å². The topological polar surface area (TPSA) is 78.9 Å². The maximum absolute atomic E-state index is 12.8. The lowest BCUT2D eigenvalue weighted by Crippen LogP contribution is -2.30. The van der Waals surface area contributed by atoms with Gasteiger partial charge in [0.1, 0.15) is 13.2 Å². The maximum atomic E-state index is 12.8. The molecule has 0 rings (SSSR count). The van der Waals surface area contributed by atoms with Gasteiger partial charge in [-0.3, -0.25) is 14.4 Å². The minimum Gasteiger partial charge on any atom is -0.462 e. The van der Waals surface area contributed by atoms with E-state index in [1.54, 1.807) is 0 Å². The highest BCUT2D eigenvalue weighted by Gasteiger charge is 2.19. The van der Waals surface area contributed by atoms with Crippen molar-refractivity contribution in [2.45, 2.75) is 290 Å². The summed E-state index contributed by atoms with van der Waals surface area (Å²) < 4.78 is 16.8. The Morgan fingerprint density at radius 2 is 0.527 bits per heavy atom. The Hall–Kier alpha value is -3.93. The van der Waals surface area contributed by atoms with Crippen LogP contribution in [0, 0.1) is 0 Å². The van der Waals surface area contributed by atoms with Crippen LogP contribution in [-0.4, -0.2) is 37.2 Å². The summed E-state index contributed by atoms with van der Waals surface area (Å²) in [6.45, 7) is 6.48. The predicted molar refractivity (Wildman–Crippen MR) is 320 cm³/mol. The normalized spacial score (nSPS) is 12.9. The summed E-state index contributed by atoms with van der Waals surface area (Å²) >= 11 is 0. The Kier molecular flexibility index (Phi) is 58.3. The fourth-order valence-electron chi connectivity index (χ4n) is 8.39. The van der Waals surface area contributed by atoms with Crippen LogP contribution in [0.25, 0.3) is 0 Å². The summed E-state index contributed by atoms with van der Waals surface area (Å²) in [6.07, 6.45) is 83.8. The molecule has 6 nitrogen and oxygen atoms in total. The van der Waals surface area contributed by atoms with Crippen LogP contribution in [-0.2, 0) is 28.6 Å². The summed E-state index contributed by atoms with van der Waals surface area (Å²) in [7, 11) is 0. The van der Waals surface area contributed by atoms with Gasteiger partial charge in [0.25, 0.3) is 0 Å². The molecule has 0 amide bonds.